The summed E-state index contributed by atoms with van der Waals surface area (Å²) in [6.45, 7) is 5.02. The normalized spacial score (nSPS) is 12.0. The van der Waals surface area contributed by atoms with Crippen molar-refractivity contribution in [2.75, 3.05) is 0 Å². The van der Waals surface area contributed by atoms with Crippen molar-refractivity contribution >= 4 is 29.5 Å². The summed E-state index contributed by atoms with van der Waals surface area (Å²) in [5.74, 6) is -3.72. The van der Waals surface area contributed by atoms with Gasteiger partial charge in [0.25, 0.3) is 0 Å². The van der Waals surface area contributed by atoms with E-state index < -0.39 is 29.5 Å². The Morgan fingerprint density at radius 2 is 1.31 bits per heavy atom. The van der Waals surface area contributed by atoms with Crippen molar-refractivity contribution in [2.45, 2.75) is 27.7 Å². The van der Waals surface area contributed by atoms with Crippen molar-refractivity contribution < 1.29 is 38.2 Å². The van der Waals surface area contributed by atoms with Gasteiger partial charge in [0.2, 0.25) is 5.78 Å². The van der Waals surface area contributed by atoms with E-state index in [9.17, 15) is 24.0 Å². The number of esters is 3. The van der Waals surface area contributed by atoms with Gasteiger partial charge in [-0.25, -0.2) is 0 Å². The minimum absolute atomic E-state index is 0.0194. The Morgan fingerprint density at radius 3 is 1.90 bits per heavy atom. The molecular formula is C21H16O8. The highest BCUT2D eigenvalue weighted by Gasteiger charge is 2.39. The maximum absolute atomic E-state index is 13.3. The quantitative estimate of drug-likeness (QED) is 0.490. The van der Waals surface area contributed by atoms with Gasteiger partial charge in [0.05, 0.1) is 16.7 Å². The third kappa shape index (κ3) is 3.52. The maximum atomic E-state index is 13.3. The Balaban J connectivity index is 2.36. The maximum Gasteiger partial charge on any atom is 0.308 e. The smallest absolute Gasteiger partial charge is 0.308 e. The molecule has 0 aromatic heterocycles. The Labute approximate surface area is 165 Å². The first-order valence-corrected chi connectivity index (χ1v) is 8.57. The van der Waals surface area contributed by atoms with Crippen LogP contribution in [0.25, 0.3) is 0 Å². The van der Waals surface area contributed by atoms with E-state index >= 15 is 0 Å². The number of hydrogen-bond donors (Lipinski definition) is 0. The first-order valence-electron chi connectivity index (χ1n) is 8.57. The molecule has 2 aromatic carbocycles. The second kappa shape index (κ2) is 7.31. The van der Waals surface area contributed by atoms with E-state index in [1.165, 1.54) is 24.3 Å². The highest BCUT2D eigenvalue weighted by molar-refractivity contribution is 6.31. The van der Waals surface area contributed by atoms with Gasteiger partial charge < -0.3 is 14.2 Å². The van der Waals surface area contributed by atoms with Crippen molar-refractivity contribution in [2.24, 2.45) is 0 Å². The van der Waals surface area contributed by atoms with Gasteiger partial charge in [-0.05, 0) is 24.6 Å². The number of rotatable bonds is 3. The number of carbonyl (C=O) groups is 5. The van der Waals surface area contributed by atoms with Crippen LogP contribution in [0.2, 0.25) is 0 Å². The van der Waals surface area contributed by atoms with E-state index in [4.69, 9.17) is 14.2 Å². The standard InChI is InChI=1S/C21H16O8/c1-9-8-15(28-11(3)23)17-18(21(9)29-12(4)24)19(25)13-6-5-7-14(27-10(2)22)16(13)20(17)26/h5-8H,1-4H3. The average molecular weight is 396 g/mol. The van der Waals surface area contributed by atoms with Crippen LogP contribution in [-0.2, 0) is 14.4 Å². The van der Waals surface area contributed by atoms with Crippen LogP contribution in [0.4, 0.5) is 0 Å². The molecule has 8 nitrogen and oxygen atoms in total. The van der Waals surface area contributed by atoms with E-state index in [-0.39, 0.29) is 39.5 Å². The summed E-state index contributed by atoms with van der Waals surface area (Å²) in [5, 5.41) is 0. The van der Waals surface area contributed by atoms with E-state index in [0.717, 1.165) is 20.8 Å². The van der Waals surface area contributed by atoms with Gasteiger partial charge in [-0.3, -0.25) is 24.0 Å². The zero-order valence-electron chi connectivity index (χ0n) is 16.1. The van der Waals surface area contributed by atoms with Crippen molar-refractivity contribution in [1.29, 1.82) is 0 Å². The number of aryl methyl sites for hydroxylation is 1. The summed E-state index contributed by atoms with van der Waals surface area (Å²) in [6.07, 6.45) is 0. The van der Waals surface area contributed by atoms with Crippen LogP contribution >= 0.6 is 0 Å². The van der Waals surface area contributed by atoms with Crippen LogP contribution in [-0.4, -0.2) is 29.5 Å². The van der Waals surface area contributed by atoms with Crippen LogP contribution in [0.1, 0.15) is 58.2 Å². The number of fused-ring (bicyclic) bond motifs is 2. The number of benzene rings is 2. The summed E-state index contributed by atoms with van der Waals surface area (Å²) in [4.78, 5) is 61.1. The molecule has 148 valence electrons. The van der Waals surface area contributed by atoms with Gasteiger partial charge in [0.15, 0.2) is 5.78 Å². The fourth-order valence-electron chi connectivity index (χ4n) is 3.18. The van der Waals surface area contributed by atoms with Gasteiger partial charge in [-0.2, -0.15) is 0 Å². The van der Waals surface area contributed by atoms with Gasteiger partial charge in [0.1, 0.15) is 17.2 Å². The largest absolute Gasteiger partial charge is 0.426 e. The summed E-state index contributed by atoms with van der Waals surface area (Å²) in [5.41, 5.74) is -0.246. The molecule has 0 fully saturated rings. The molecule has 8 heteroatoms. The van der Waals surface area contributed by atoms with Gasteiger partial charge in [-0.1, -0.05) is 12.1 Å². The molecular weight excluding hydrogens is 380 g/mol. The van der Waals surface area contributed by atoms with E-state index in [2.05, 4.69) is 0 Å². The Morgan fingerprint density at radius 1 is 0.724 bits per heavy atom. The van der Waals surface area contributed by atoms with Gasteiger partial charge >= 0.3 is 17.9 Å². The molecule has 0 amide bonds. The molecule has 0 saturated carbocycles. The first-order chi connectivity index (χ1) is 13.6. The van der Waals surface area contributed by atoms with Crippen LogP contribution in [0.15, 0.2) is 24.3 Å². The molecule has 1 aliphatic carbocycles. The third-order valence-electron chi connectivity index (χ3n) is 4.13. The molecule has 0 saturated heterocycles. The topological polar surface area (TPSA) is 113 Å². The Hall–Kier alpha value is -3.81. The number of hydrogen-bond acceptors (Lipinski definition) is 8. The molecule has 0 bridgehead atoms. The summed E-state index contributed by atoms with van der Waals surface area (Å²) >= 11 is 0. The number of ketones is 2. The van der Waals surface area contributed by atoms with E-state index in [1.54, 1.807) is 6.92 Å². The summed E-state index contributed by atoms with van der Waals surface area (Å²) in [6, 6.07) is 5.57. The van der Waals surface area contributed by atoms with Crippen molar-refractivity contribution in [3.05, 3.63) is 52.1 Å². The lowest BCUT2D eigenvalue weighted by Gasteiger charge is -2.24. The van der Waals surface area contributed by atoms with Crippen LogP contribution in [0.3, 0.4) is 0 Å². The summed E-state index contributed by atoms with van der Waals surface area (Å²) in [7, 11) is 0. The minimum atomic E-state index is -0.703. The molecule has 0 atom stereocenters. The minimum Gasteiger partial charge on any atom is -0.426 e. The molecule has 3 rings (SSSR count). The zero-order chi connectivity index (χ0) is 21.5. The lowest BCUT2D eigenvalue weighted by molar-refractivity contribution is -0.133. The van der Waals surface area contributed by atoms with Crippen molar-refractivity contribution in [3.8, 4) is 17.2 Å². The molecule has 29 heavy (non-hydrogen) atoms. The first kappa shape index (κ1) is 19.9. The van der Waals surface area contributed by atoms with E-state index in [1.807, 2.05) is 0 Å². The zero-order valence-corrected chi connectivity index (χ0v) is 16.1. The lowest BCUT2D eigenvalue weighted by Crippen LogP contribution is -2.25. The molecule has 0 N–H and O–H groups in total. The predicted molar refractivity (Wildman–Crippen MR) is 98.4 cm³/mol. The van der Waals surface area contributed by atoms with Gasteiger partial charge in [-0.15, -0.1) is 0 Å². The molecule has 0 radical (unpaired) electrons. The number of ether oxygens (including phenoxy) is 3. The van der Waals surface area contributed by atoms with Crippen LogP contribution in [0.5, 0.6) is 17.2 Å². The van der Waals surface area contributed by atoms with E-state index in [0.29, 0.717) is 5.56 Å². The lowest BCUT2D eigenvalue weighted by atomic mass is 9.81. The second-order valence-electron chi connectivity index (χ2n) is 6.39. The monoisotopic (exact) mass is 396 g/mol. The third-order valence-corrected chi connectivity index (χ3v) is 4.13. The predicted octanol–water partition coefficient (Wildman–Crippen LogP) is 2.55. The molecule has 0 heterocycles. The summed E-state index contributed by atoms with van der Waals surface area (Å²) < 4.78 is 15.4. The highest BCUT2D eigenvalue weighted by Crippen LogP contribution is 2.43. The SMILES string of the molecule is CC(=O)Oc1cccc2c1C(=O)c1c(OC(C)=O)cc(C)c(OC(C)=O)c1C2=O. The van der Waals surface area contributed by atoms with Crippen molar-refractivity contribution in [1.82, 2.24) is 0 Å². The molecule has 0 aliphatic heterocycles. The van der Waals surface area contributed by atoms with Gasteiger partial charge in [0, 0.05) is 26.3 Å². The number of carbonyl (C=O) groups excluding carboxylic acids is 5. The average Bonchev–Trinajstić information content (AvgIpc) is 2.60. The Bertz CT molecular complexity index is 1110. The van der Waals surface area contributed by atoms with Crippen LogP contribution < -0.4 is 14.2 Å². The fraction of sp³-hybridized carbons (Fsp3) is 0.190. The Kier molecular flexibility index (Phi) is 5.02. The highest BCUT2D eigenvalue weighted by atomic mass is 16.5. The fourth-order valence-corrected chi connectivity index (χ4v) is 3.18. The molecule has 1 aliphatic rings. The molecule has 2 aromatic rings. The molecule has 0 spiro atoms. The van der Waals surface area contributed by atoms with Crippen molar-refractivity contribution in [3.63, 3.8) is 0 Å². The second-order valence-corrected chi connectivity index (χ2v) is 6.39. The molecule has 0 unspecified atom stereocenters. The van der Waals surface area contributed by atoms with Crippen LogP contribution in [0, 0.1) is 6.92 Å².